The first-order valence-corrected chi connectivity index (χ1v) is 13.9. The average molecular weight is 510 g/mol. The minimum atomic E-state index is 0.803. The molecule has 40 heavy (non-hydrogen) atoms. The highest BCUT2D eigenvalue weighted by molar-refractivity contribution is 6.25. The normalized spacial score (nSPS) is 12.0. The van der Waals surface area contributed by atoms with E-state index in [1.807, 2.05) is 0 Å². The molecule has 0 atom stereocenters. The molecule has 0 radical (unpaired) electrons. The third kappa shape index (κ3) is 3.48. The molecule has 0 unspecified atom stereocenters. The van der Waals surface area contributed by atoms with Gasteiger partial charge in [0, 0.05) is 28.4 Å². The van der Waals surface area contributed by atoms with E-state index in [2.05, 4.69) is 156 Å². The minimum Gasteiger partial charge on any atom is -0.337 e. The van der Waals surface area contributed by atoms with Crippen LogP contribution in [-0.2, 0) is 6.54 Å². The summed E-state index contributed by atoms with van der Waals surface area (Å²) < 4.78 is 2.43. The summed E-state index contributed by atoms with van der Waals surface area (Å²) in [5.41, 5.74) is 6.38. The maximum atomic E-state index is 2.43. The van der Waals surface area contributed by atoms with Crippen LogP contribution in [0.4, 0.5) is 0 Å². The van der Waals surface area contributed by atoms with Crippen molar-refractivity contribution in [2.24, 2.45) is 0 Å². The summed E-state index contributed by atoms with van der Waals surface area (Å²) in [5.74, 6) is 0. The molecule has 0 aliphatic rings. The summed E-state index contributed by atoms with van der Waals surface area (Å²) in [5, 5.41) is 10.3. The van der Waals surface area contributed by atoms with Crippen molar-refractivity contribution in [2.45, 2.75) is 6.54 Å². The van der Waals surface area contributed by atoms with E-state index in [9.17, 15) is 0 Å². The predicted octanol–water partition coefficient (Wildman–Crippen LogP) is 10.6. The first kappa shape index (κ1) is 22.8. The van der Waals surface area contributed by atoms with E-state index in [0.717, 1.165) is 6.54 Å². The van der Waals surface area contributed by atoms with Gasteiger partial charge in [-0.05, 0) is 61.1 Å². The highest BCUT2D eigenvalue weighted by Crippen LogP contribution is 2.43. The largest absolute Gasteiger partial charge is 0.337 e. The highest BCUT2D eigenvalue weighted by Gasteiger charge is 2.16. The first-order valence-electron chi connectivity index (χ1n) is 13.9. The second kappa shape index (κ2) is 9.25. The third-order valence-electron chi connectivity index (χ3n) is 8.27. The van der Waals surface area contributed by atoms with Gasteiger partial charge in [-0.2, -0.15) is 0 Å². The van der Waals surface area contributed by atoms with Crippen LogP contribution in [-0.4, -0.2) is 4.57 Å². The SMILES string of the molecule is C(=C\c1c2ccccc2c(-c2ccccc2)c2c1ccc1ccccc12)/Cn1c2ccccc2c2ccccc21. The smallest absolute Gasteiger partial charge is 0.0494 e. The summed E-state index contributed by atoms with van der Waals surface area (Å²) >= 11 is 0. The number of aromatic nitrogens is 1. The van der Waals surface area contributed by atoms with Crippen LogP contribution in [0.1, 0.15) is 5.56 Å². The Kier molecular flexibility index (Phi) is 5.28. The highest BCUT2D eigenvalue weighted by atomic mass is 15.0. The Hall–Kier alpha value is -5.14. The summed E-state index contributed by atoms with van der Waals surface area (Å²) in [6.07, 6.45) is 4.68. The number of allylic oxidation sites excluding steroid dienone is 1. The lowest BCUT2D eigenvalue weighted by Crippen LogP contribution is -1.95. The maximum absolute atomic E-state index is 2.43. The molecule has 0 aliphatic heterocycles. The van der Waals surface area contributed by atoms with E-state index in [0.29, 0.717) is 0 Å². The number of hydrogen-bond acceptors (Lipinski definition) is 0. The van der Waals surface area contributed by atoms with E-state index in [1.165, 1.54) is 70.8 Å². The molecular weight excluding hydrogens is 482 g/mol. The summed E-state index contributed by atoms with van der Waals surface area (Å²) in [6.45, 7) is 0.803. The Labute approximate surface area is 233 Å². The van der Waals surface area contributed by atoms with Gasteiger partial charge >= 0.3 is 0 Å². The number of para-hydroxylation sites is 2. The standard InChI is InChI=1S/C39H27N/c1-2-14-28(15-3-1)38-34-20-7-6-17-30(34)31(35-25-24-27-13-4-5-16-29(27)39(35)38)21-12-26-40-36-22-10-8-18-32(36)33-19-9-11-23-37(33)40/h1-25H,26H2/b21-12+. The molecule has 0 amide bonds. The van der Waals surface area contributed by atoms with Crippen molar-refractivity contribution in [3.05, 3.63) is 151 Å². The Bertz CT molecular complexity index is 2180. The minimum absolute atomic E-state index is 0.803. The summed E-state index contributed by atoms with van der Waals surface area (Å²) in [6, 6.07) is 50.5. The fourth-order valence-corrected chi connectivity index (χ4v) is 6.54. The zero-order valence-electron chi connectivity index (χ0n) is 22.1. The summed E-state index contributed by atoms with van der Waals surface area (Å²) in [7, 11) is 0. The lowest BCUT2D eigenvalue weighted by atomic mass is 9.86. The van der Waals surface area contributed by atoms with Gasteiger partial charge in [0.1, 0.15) is 0 Å². The zero-order valence-corrected chi connectivity index (χ0v) is 22.1. The topological polar surface area (TPSA) is 4.93 Å². The van der Waals surface area contributed by atoms with Crippen LogP contribution in [0.15, 0.2) is 146 Å². The van der Waals surface area contributed by atoms with Crippen molar-refractivity contribution in [2.75, 3.05) is 0 Å². The Morgan fingerprint density at radius 3 is 1.75 bits per heavy atom. The van der Waals surface area contributed by atoms with Crippen LogP contribution in [0, 0.1) is 0 Å². The molecule has 0 bridgehead atoms. The molecule has 8 rings (SSSR count). The van der Waals surface area contributed by atoms with Crippen molar-refractivity contribution >= 4 is 60.2 Å². The Morgan fingerprint density at radius 1 is 0.450 bits per heavy atom. The van der Waals surface area contributed by atoms with Gasteiger partial charge in [0.15, 0.2) is 0 Å². The molecule has 1 nitrogen and oxygen atoms in total. The molecule has 8 aromatic rings. The van der Waals surface area contributed by atoms with Crippen LogP contribution in [0.5, 0.6) is 0 Å². The van der Waals surface area contributed by atoms with Gasteiger partial charge in [-0.25, -0.2) is 0 Å². The molecular formula is C39H27N. The molecule has 1 aromatic heterocycles. The van der Waals surface area contributed by atoms with Gasteiger partial charge in [0.2, 0.25) is 0 Å². The first-order chi connectivity index (χ1) is 19.9. The van der Waals surface area contributed by atoms with Crippen molar-refractivity contribution in [1.82, 2.24) is 4.57 Å². The zero-order chi connectivity index (χ0) is 26.5. The van der Waals surface area contributed by atoms with E-state index in [-0.39, 0.29) is 0 Å². The van der Waals surface area contributed by atoms with Crippen LogP contribution < -0.4 is 0 Å². The Balaban J connectivity index is 1.39. The van der Waals surface area contributed by atoms with Gasteiger partial charge in [-0.3, -0.25) is 0 Å². The molecule has 0 N–H and O–H groups in total. The molecule has 188 valence electrons. The molecule has 1 heteroatoms. The second-order valence-corrected chi connectivity index (χ2v) is 10.5. The molecule has 0 fully saturated rings. The molecule has 0 saturated carbocycles. The maximum Gasteiger partial charge on any atom is 0.0494 e. The quantitative estimate of drug-likeness (QED) is 0.164. The van der Waals surface area contributed by atoms with Crippen LogP contribution in [0.25, 0.3) is 71.3 Å². The van der Waals surface area contributed by atoms with Crippen LogP contribution >= 0.6 is 0 Å². The van der Waals surface area contributed by atoms with Crippen molar-refractivity contribution < 1.29 is 0 Å². The fourth-order valence-electron chi connectivity index (χ4n) is 6.54. The van der Waals surface area contributed by atoms with Crippen molar-refractivity contribution in [1.29, 1.82) is 0 Å². The van der Waals surface area contributed by atoms with Gasteiger partial charge in [-0.15, -0.1) is 0 Å². The number of hydrogen-bond donors (Lipinski definition) is 0. The van der Waals surface area contributed by atoms with Gasteiger partial charge in [0.25, 0.3) is 0 Å². The number of fused-ring (bicyclic) bond motifs is 7. The van der Waals surface area contributed by atoms with E-state index >= 15 is 0 Å². The van der Waals surface area contributed by atoms with Gasteiger partial charge in [0.05, 0.1) is 0 Å². The van der Waals surface area contributed by atoms with Gasteiger partial charge < -0.3 is 4.57 Å². The number of rotatable bonds is 4. The molecule has 1 heterocycles. The van der Waals surface area contributed by atoms with E-state index < -0.39 is 0 Å². The predicted molar refractivity (Wildman–Crippen MR) is 173 cm³/mol. The fraction of sp³-hybridized carbons (Fsp3) is 0.0256. The number of benzene rings is 7. The molecule has 7 aromatic carbocycles. The third-order valence-corrected chi connectivity index (χ3v) is 8.27. The average Bonchev–Trinajstić information content (AvgIpc) is 3.34. The van der Waals surface area contributed by atoms with Crippen LogP contribution in [0.2, 0.25) is 0 Å². The van der Waals surface area contributed by atoms with E-state index in [1.54, 1.807) is 0 Å². The molecule has 0 spiro atoms. The lowest BCUT2D eigenvalue weighted by molar-refractivity contribution is 0.902. The van der Waals surface area contributed by atoms with Crippen LogP contribution in [0.3, 0.4) is 0 Å². The Morgan fingerprint density at radius 2 is 1.02 bits per heavy atom. The monoisotopic (exact) mass is 509 g/mol. The second-order valence-electron chi connectivity index (χ2n) is 10.5. The van der Waals surface area contributed by atoms with Crippen molar-refractivity contribution in [3.8, 4) is 11.1 Å². The van der Waals surface area contributed by atoms with Crippen molar-refractivity contribution in [3.63, 3.8) is 0 Å². The molecule has 0 saturated heterocycles. The van der Waals surface area contributed by atoms with Gasteiger partial charge in [-0.1, -0.05) is 140 Å². The lowest BCUT2D eigenvalue weighted by Gasteiger charge is -2.17. The molecule has 0 aliphatic carbocycles. The number of nitrogens with zero attached hydrogens (tertiary/aromatic N) is 1. The van der Waals surface area contributed by atoms with E-state index in [4.69, 9.17) is 0 Å². The summed E-state index contributed by atoms with van der Waals surface area (Å²) in [4.78, 5) is 0.